The average Bonchev–Trinajstić information content (AvgIpc) is 3.62. The van der Waals surface area contributed by atoms with Crippen LogP contribution >= 0.6 is 0 Å². The highest BCUT2D eigenvalue weighted by molar-refractivity contribution is 5.94. The number of amides is 1. The van der Waals surface area contributed by atoms with E-state index in [4.69, 9.17) is 4.42 Å². The van der Waals surface area contributed by atoms with E-state index in [2.05, 4.69) is 16.3 Å². The Balaban J connectivity index is 1.35. The predicted molar refractivity (Wildman–Crippen MR) is 116 cm³/mol. The lowest BCUT2D eigenvalue weighted by molar-refractivity contribution is 0.0951. The van der Waals surface area contributed by atoms with Crippen LogP contribution in [0.15, 0.2) is 57.7 Å². The molecule has 30 heavy (non-hydrogen) atoms. The van der Waals surface area contributed by atoms with Gasteiger partial charge in [-0.3, -0.25) is 9.69 Å². The molecule has 0 bridgehead atoms. The summed E-state index contributed by atoms with van der Waals surface area (Å²) < 4.78 is 5.41. The van der Waals surface area contributed by atoms with E-state index in [1.165, 1.54) is 18.4 Å². The first kappa shape index (κ1) is 19.1. The first-order valence-electron chi connectivity index (χ1n) is 10.7. The van der Waals surface area contributed by atoms with E-state index < -0.39 is 0 Å². The van der Waals surface area contributed by atoms with Crippen molar-refractivity contribution in [2.24, 2.45) is 0 Å². The van der Waals surface area contributed by atoms with Crippen LogP contribution in [0.3, 0.4) is 0 Å². The third-order valence-electron chi connectivity index (χ3n) is 5.94. The van der Waals surface area contributed by atoms with E-state index in [-0.39, 0.29) is 11.5 Å². The molecule has 5 rings (SSSR count). The summed E-state index contributed by atoms with van der Waals surface area (Å²) in [6.07, 6.45) is 4.54. The minimum Gasteiger partial charge on any atom is -0.423 e. The van der Waals surface area contributed by atoms with Gasteiger partial charge in [0.15, 0.2) is 0 Å². The molecule has 0 atom stereocenters. The summed E-state index contributed by atoms with van der Waals surface area (Å²) in [6.45, 7) is 3.50. The number of hydrogen-bond donors (Lipinski definition) is 1. The van der Waals surface area contributed by atoms with Crippen molar-refractivity contribution in [1.29, 1.82) is 0 Å². The molecule has 2 aliphatic rings. The van der Waals surface area contributed by atoms with Gasteiger partial charge < -0.3 is 9.73 Å². The lowest BCUT2D eigenvalue weighted by Gasteiger charge is -2.23. The molecule has 0 radical (unpaired) electrons. The highest BCUT2D eigenvalue weighted by atomic mass is 16.4. The molecule has 2 aromatic carbocycles. The molecule has 1 N–H and O–H groups in total. The van der Waals surface area contributed by atoms with Crippen molar-refractivity contribution in [3.63, 3.8) is 0 Å². The van der Waals surface area contributed by atoms with E-state index in [0.29, 0.717) is 29.8 Å². The van der Waals surface area contributed by atoms with Gasteiger partial charge in [0.1, 0.15) is 5.58 Å². The predicted octanol–water partition coefficient (Wildman–Crippen LogP) is 4.16. The number of fused-ring (bicyclic) bond motifs is 1. The lowest BCUT2D eigenvalue weighted by Crippen LogP contribution is -2.26. The molecular formula is C25H26N2O3. The largest absolute Gasteiger partial charge is 0.423 e. The Bertz CT molecular complexity index is 1140. The maximum atomic E-state index is 12.2. The zero-order valence-corrected chi connectivity index (χ0v) is 17.2. The molecule has 2 aliphatic carbocycles. The molecule has 2 saturated carbocycles. The summed E-state index contributed by atoms with van der Waals surface area (Å²) >= 11 is 0. The minimum atomic E-state index is -0.301. The Morgan fingerprint density at radius 2 is 1.80 bits per heavy atom. The second-order valence-corrected chi connectivity index (χ2v) is 8.67. The zero-order valence-electron chi connectivity index (χ0n) is 17.2. The summed E-state index contributed by atoms with van der Waals surface area (Å²) in [5.41, 5.74) is 4.32. The van der Waals surface area contributed by atoms with E-state index in [9.17, 15) is 9.59 Å². The standard InChI is InChI=1S/C25H26N2O3/c1-16-2-11-22-19(13-24(28)30-23(22)12-16)15-27(21-9-10-21)14-17-3-5-18(6-4-17)25(29)26-20-7-8-20/h2-6,11-13,20-21H,7-10,14-15H2,1H3,(H,26,29). The molecule has 154 valence electrons. The maximum absolute atomic E-state index is 12.2. The fraction of sp³-hybridized carbons (Fsp3) is 0.360. The van der Waals surface area contributed by atoms with Gasteiger partial charge in [0, 0.05) is 42.2 Å². The van der Waals surface area contributed by atoms with Crippen molar-refractivity contribution in [1.82, 2.24) is 10.2 Å². The van der Waals surface area contributed by atoms with Gasteiger partial charge in [-0.05, 0) is 67.5 Å². The third kappa shape index (κ3) is 4.31. The van der Waals surface area contributed by atoms with E-state index in [0.717, 1.165) is 35.9 Å². The smallest absolute Gasteiger partial charge is 0.336 e. The summed E-state index contributed by atoms with van der Waals surface area (Å²) in [5, 5.41) is 4.03. The maximum Gasteiger partial charge on any atom is 0.336 e. The number of aryl methyl sites for hydroxylation is 1. The highest BCUT2D eigenvalue weighted by Gasteiger charge is 2.29. The average molecular weight is 402 g/mol. The molecule has 2 fully saturated rings. The van der Waals surface area contributed by atoms with Crippen molar-refractivity contribution < 1.29 is 9.21 Å². The Morgan fingerprint density at radius 3 is 2.50 bits per heavy atom. The fourth-order valence-electron chi connectivity index (χ4n) is 3.93. The molecule has 0 unspecified atom stereocenters. The Morgan fingerprint density at radius 1 is 1.03 bits per heavy atom. The topological polar surface area (TPSA) is 62.6 Å². The van der Waals surface area contributed by atoms with Crippen molar-refractivity contribution >= 4 is 16.9 Å². The first-order valence-corrected chi connectivity index (χ1v) is 10.7. The van der Waals surface area contributed by atoms with Crippen LogP contribution in [0.1, 0.15) is 52.7 Å². The second-order valence-electron chi connectivity index (χ2n) is 8.67. The van der Waals surface area contributed by atoms with Crippen LogP contribution in [0.2, 0.25) is 0 Å². The van der Waals surface area contributed by atoms with Crippen LogP contribution in [0, 0.1) is 6.92 Å². The first-order chi connectivity index (χ1) is 14.5. The molecule has 1 amide bonds. The molecule has 5 nitrogen and oxygen atoms in total. The normalized spacial score (nSPS) is 16.2. The number of hydrogen-bond acceptors (Lipinski definition) is 4. The molecule has 0 spiro atoms. The van der Waals surface area contributed by atoms with Crippen LogP contribution in [-0.4, -0.2) is 22.9 Å². The van der Waals surface area contributed by atoms with Gasteiger partial charge in [0.05, 0.1) is 0 Å². The van der Waals surface area contributed by atoms with Crippen molar-refractivity contribution in [3.05, 3.63) is 81.2 Å². The van der Waals surface area contributed by atoms with Gasteiger partial charge >= 0.3 is 5.63 Å². The van der Waals surface area contributed by atoms with Crippen LogP contribution < -0.4 is 10.9 Å². The number of nitrogens with zero attached hydrogens (tertiary/aromatic N) is 1. The van der Waals surface area contributed by atoms with Gasteiger partial charge in [-0.1, -0.05) is 24.3 Å². The molecule has 0 aliphatic heterocycles. The zero-order chi connectivity index (χ0) is 20.7. The van der Waals surface area contributed by atoms with Gasteiger partial charge in [0.25, 0.3) is 5.91 Å². The van der Waals surface area contributed by atoms with Crippen LogP contribution in [0.4, 0.5) is 0 Å². The van der Waals surface area contributed by atoms with Gasteiger partial charge in [-0.25, -0.2) is 4.79 Å². The molecular weight excluding hydrogens is 376 g/mol. The summed E-state index contributed by atoms with van der Waals surface area (Å²) in [5.74, 6) is 0.0147. The Labute approximate surface area is 175 Å². The molecule has 0 saturated heterocycles. The summed E-state index contributed by atoms with van der Waals surface area (Å²) in [6, 6.07) is 16.4. The second kappa shape index (κ2) is 7.73. The fourth-order valence-corrected chi connectivity index (χ4v) is 3.93. The number of carbonyl (C=O) groups is 1. The molecule has 1 aromatic heterocycles. The van der Waals surface area contributed by atoms with E-state index >= 15 is 0 Å². The van der Waals surface area contributed by atoms with Crippen molar-refractivity contribution in [2.45, 2.75) is 57.8 Å². The van der Waals surface area contributed by atoms with Gasteiger partial charge in [-0.15, -0.1) is 0 Å². The Kier molecular flexibility index (Phi) is 4.91. The third-order valence-corrected chi connectivity index (χ3v) is 5.94. The number of benzene rings is 2. The van der Waals surface area contributed by atoms with Crippen LogP contribution in [-0.2, 0) is 13.1 Å². The Hall–Kier alpha value is -2.92. The SMILES string of the molecule is Cc1ccc2c(CN(Cc3ccc(C(=O)NC4CC4)cc3)C3CC3)cc(=O)oc2c1. The number of rotatable bonds is 7. The van der Waals surface area contributed by atoms with Crippen molar-refractivity contribution in [3.8, 4) is 0 Å². The quantitative estimate of drug-likeness (QED) is 0.603. The highest BCUT2D eigenvalue weighted by Crippen LogP contribution is 2.31. The molecule has 1 heterocycles. The summed E-state index contributed by atoms with van der Waals surface area (Å²) in [4.78, 5) is 26.7. The van der Waals surface area contributed by atoms with Crippen LogP contribution in [0.5, 0.6) is 0 Å². The van der Waals surface area contributed by atoms with Crippen LogP contribution in [0.25, 0.3) is 11.0 Å². The summed E-state index contributed by atoms with van der Waals surface area (Å²) in [7, 11) is 0. The number of carbonyl (C=O) groups excluding carboxylic acids is 1. The van der Waals surface area contributed by atoms with Crippen molar-refractivity contribution in [2.75, 3.05) is 0 Å². The minimum absolute atomic E-state index is 0.0147. The van der Waals surface area contributed by atoms with E-state index in [1.807, 2.05) is 43.3 Å². The molecule has 5 heteroatoms. The molecule has 3 aromatic rings. The monoisotopic (exact) mass is 402 g/mol. The lowest BCUT2D eigenvalue weighted by atomic mass is 10.1. The number of nitrogens with one attached hydrogen (secondary N) is 1. The van der Waals surface area contributed by atoms with Gasteiger partial charge in [0.2, 0.25) is 0 Å². The van der Waals surface area contributed by atoms with E-state index in [1.54, 1.807) is 6.07 Å². The van der Waals surface area contributed by atoms with Gasteiger partial charge in [-0.2, -0.15) is 0 Å².